The number of hydrogen-bond donors (Lipinski definition) is 3. The fraction of sp³-hybridized carbons (Fsp3) is 0.316. The first-order valence-electron chi connectivity index (χ1n) is 8.37. The van der Waals surface area contributed by atoms with Gasteiger partial charge in [-0.15, -0.1) is 11.3 Å². The van der Waals surface area contributed by atoms with Crippen molar-refractivity contribution in [1.82, 2.24) is 15.3 Å². The Morgan fingerprint density at radius 3 is 2.69 bits per heavy atom. The third-order valence-electron chi connectivity index (χ3n) is 3.99. The Labute approximate surface area is 156 Å². The standard InChI is InChI=1S/C19H22N4O2S/c1-11-16(12-7-5-6-8-13(12)21-11)14-10-26-18(22-14)23-15(24)9-20-17(25)19(2,3)4/h5-8,10,21H,9H2,1-4H3,(H,20,25)(H,22,23,24). The minimum atomic E-state index is -0.526. The predicted molar refractivity (Wildman–Crippen MR) is 105 cm³/mol. The van der Waals surface area contributed by atoms with E-state index in [1.165, 1.54) is 11.3 Å². The van der Waals surface area contributed by atoms with Crippen LogP contribution in [0.25, 0.3) is 22.2 Å². The largest absolute Gasteiger partial charge is 0.358 e. The Kier molecular flexibility index (Phi) is 4.82. The fourth-order valence-corrected chi connectivity index (χ4v) is 3.36. The maximum Gasteiger partial charge on any atom is 0.245 e. The van der Waals surface area contributed by atoms with Crippen LogP contribution in [0, 0.1) is 12.3 Å². The number of aromatic nitrogens is 2. The van der Waals surface area contributed by atoms with Gasteiger partial charge in [0.2, 0.25) is 11.8 Å². The average Bonchev–Trinajstić information content (AvgIpc) is 3.14. The van der Waals surface area contributed by atoms with Crippen molar-refractivity contribution in [3.05, 3.63) is 35.3 Å². The Hall–Kier alpha value is -2.67. The van der Waals surface area contributed by atoms with Crippen molar-refractivity contribution < 1.29 is 9.59 Å². The zero-order valence-electron chi connectivity index (χ0n) is 15.3. The number of benzene rings is 1. The smallest absolute Gasteiger partial charge is 0.245 e. The van der Waals surface area contributed by atoms with Crippen molar-refractivity contribution in [2.45, 2.75) is 27.7 Å². The molecule has 3 rings (SSSR count). The van der Waals surface area contributed by atoms with E-state index in [0.29, 0.717) is 5.13 Å². The van der Waals surface area contributed by atoms with Crippen molar-refractivity contribution in [2.75, 3.05) is 11.9 Å². The van der Waals surface area contributed by atoms with Gasteiger partial charge in [-0.2, -0.15) is 0 Å². The lowest BCUT2D eigenvalue weighted by Crippen LogP contribution is -2.39. The van der Waals surface area contributed by atoms with Gasteiger partial charge in [0.05, 0.1) is 12.2 Å². The van der Waals surface area contributed by atoms with Gasteiger partial charge >= 0.3 is 0 Å². The highest BCUT2D eigenvalue weighted by Gasteiger charge is 2.21. The van der Waals surface area contributed by atoms with Crippen LogP contribution in [0.4, 0.5) is 5.13 Å². The Bertz CT molecular complexity index is 965. The Balaban J connectivity index is 1.71. The average molecular weight is 370 g/mol. The van der Waals surface area contributed by atoms with E-state index in [2.05, 4.69) is 20.6 Å². The van der Waals surface area contributed by atoms with Gasteiger partial charge in [0.1, 0.15) is 0 Å². The molecule has 0 radical (unpaired) electrons. The molecule has 0 bridgehead atoms. The zero-order chi connectivity index (χ0) is 18.9. The summed E-state index contributed by atoms with van der Waals surface area (Å²) in [7, 11) is 0. The summed E-state index contributed by atoms with van der Waals surface area (Å²) in [6.07, 6.45) is 0. The number of nitrogens with one attached hydrogen (secondary N) is 3. The number of carbonyl (C=O) groups excluding carboxylic acids is 2. The molecular formula is C19H22N4O2S. The number of para-hydroxylation sites is 1. The minimum absolute atomic E-state index is 0.0723. The second kappa shape index (κ2) is 6.92. The number of aromatic amines is 1. The summed E-state index contributed by atoms with van der Waals surface area (Å²) in [5.41, 5.74) is 3.43. The van der Waals surface area contributed by atoms with E-state index in [0.717, 1.165) is 27.9 Å². The van der Waals surface area contributed by atoms with Crippen LogP contribution < -0.4 is 10.6 Å². The van der Waals surface area contributed by atoms with Gasteiger partial charge in [-0.1, -0.05) is 39.0 Å². The molecule has 0 saturated carbocycles. The summed E-state index contributed by atoms with van der Waals surface area (Å²) < 4.78 is 0. The molecule has 2 heterocycles. The lowest BCUT2D eigenvalue weighted by molar-refractivity contribution is -0.130. The number of thiazole rings is 1. The summed E-state index contributed by atoms with van der Waals surface area (Å²) in [6.45, 7) is 7.34. The third-order valence-corrected chi connectivity index (χ3v) is 4.75. The van der Waals surface area contributed by atoms with Crippen LogP contribution in [0.15, 0.2) is 29.6 Å². The number of H-pyrrole nitrogens is 1. The van der Waals surface area contributed by atoms with Gasteiger partial charge in [-0.3, -0.25) is 9.59 Å². The fourth-order valence-electron chi connectivity index (χ4n) is 2.64. The van der Waals surface area contributed by atoms with Crippen molar-refractivity contribution in [2.24, 2.45) is 5.41 Å². The first-order chi connectivity index (χ1) is 12.3. The van der Waals surface area contributed by atoms with Crippen LogP contribution in [0.5, 0.6) is 0 Å². The van der Waals surface area contributed by atoms with Gasteiger partial charge in [0.15, 0.2) is 5.13 Å². The van der Waals surface area contributed by atoms with Gasteiger partial charge in [-0.05, 0) is 13.0 Å². The molecule has 26 heavy (non-hydrogen) atoms. The lowest BCUT2D eigenvalue weighted by Gasteiger charge is -2.17. The van der Waals surface area contributed by atoms with Gasteiger partial charge in [0, 0.05) is 33.0 Å². The summed E-state index contributed by atoms with van der Waals surface area (Å²) in [5, 5.41) is 8.91. The lowest BCUT2D eigenvalue weighted by atomic mass is 9.96. The predicted octanol–water partition coefficient (Wildman–Crippen LogP) is 3.70. The molecule has 0 saturated heterocycles. The maximum atomic E-state index is 12.1. The summed E-state index contributed by atoms with van der Waals surface area (Å²) in [4.78, 5) is 31.8. The number of amides is 2. The van der Waals surface area contributed by atoms with Gasteiger partial charge in [0.25, 0.3) is 0 Å². The maximum absolute atomic E-state index is 12.1. The molecule has 2 aromatic heterocycles. The molecule has 0 fully saturated rings. The van der Waals surface area contributed by atoms with E-state index < -0.39 is 5.41 Å². The van der Waals surface area contributed by atoms with Crippen LogP contribution >= 0.6 is 11.3 Å². The Morgan fingerprint density at radius 2 is 1.96 bits per heavy atom. The number of hydrogen-bond acceptors (Lipinski definition) is 4. The van der Waals surface area contributed by atoms with Crippen molar-refractivity contribution >= 4 is 39.2 Å². The molecule has 0 aliphatic carbocycles. The molecule has 136 valence electrons. The molecule has 7 heteroatoms. The topological polar surface area (TPSA) is 86.9 Å². The molecule has 0 atom stereocenters. The monoisotopic (exact) mass is 370 g/mol. The summed E-state index contributed by atoms with van der Waals surface area (Å²) >= 11 is 1.36. The zero-order valence-corrected chi connectivity index (χ0v) is 16.1. The van der Waals surface area contributed by atoms with E-state index in [4.69, 9.17) is 0 Å². The second-order valence-electron chi connectivity index (χ2n) is 7.19. The molecule has 0 aliphatic heterocycles. The van der Waals surface area contributed by atoms with E-state index >= 15 is 0 Å². The molecule has 1 aromatic carbocycles. The first-order valence-corrected chi connectivity index (χ1v) is 9.25. The van der Waals surface area contributed by atoms with Crippen LogP contribution in [-0.4, -0.2) is 28.3 Å². The van der Waals surface area contributed by atoms with Crippen LogP contribution in [0.2, 0.25) is 0 Å². The van der Waals surface area contributed by atoms with Crippen molar-refractivity contribution in [3.63, 3.8) is 0 Å². The normalized spacial score (nSPS) is 11.5. The van der Waals surface area contributed by atoms with Crippen molar-refractivity contribution in [3.8, 4) is 11.3 Å². The van der Waals surface area contributed by atoms with Crippen LogP contribution in [-0.2, 0) is 9.59 Å². The Morgan fingerprint density at radius 1 is 1.23 bits per heavy atom. The highest BCUT2D eigenvalue weighted by atomic mass is 32.1. The number of aryl methyl sites for hydroxylation is 1. The highest BCUT2D eigenvalue weighted by molar-refractivity contribution is 7.14. The number of fused-ring (bicyclic) bond motifs is 1. The molecule has 3 N–H and O–H groups in total. The second-order valence-corrected chi connectivity index (χ2v) is 8.05. The first kappa shape index (κ1) is 18.1. The molecular weight excluding hydrogens is 348 g/mol. The number of anilines is 1. The van der Waals surface area contributed by atoms with E-state index in [9.17, 15) is 9.59 Å². The van der Waals surface area contributed by atoms with Crippen molar-refractivity contribution in [1.29, 1.82) is 0 Å². The van der Waals surface area contributed by atoms with Gasteiger partial charge in [-0.25, -0.2) is 4.98 Å². The summed E-state index contributed by atoms with van der Waals surface area (Å²) in [5.74, 6) is -0.457. The molecule has 0 aliphatic rings. The number of carbonyl (C=O) groups is 2. The van der Waals surface area contributed by atoms with E-state index in [1.807, 2.05) is 36.6 Å². The number of rotatable bonds is 4. The van der Waals surface area contributed by atoms with E-state index in [1.54, 1.807) is 20.8 Å². The van der Waals surface area contributed by atoms with Crippen LogP contribution in [0.3, 0.4) is 0 Å². The molecule has 3 aromatic rings. The quantitative estimate of drug-likeness (QED) is 0.654. The highest BCUT2D eigenvalue weighted by Crippen LogP contribution is 2.33. The van der Waals surface area contributed by atoms with E-state index in [-0.39, 0.29) is 18.4 Å². The molecule has 2 amide bonds. The molecule has 0 unspecified atom stereocenters. The minimum Gasteiger partial charge on any atom is -0.358 e. The molecule has 6 nitrogen and oxygen atoms in total. The van der Waals surface area contributed by atoms with Gasteiger partial charge < -0.3 is 15.6 Å². The third kappa shape index (κ3) is 3.77. The summed E-state index contributed by atoms with van der Waals surface area (Å²) in [6, 6.07) is 8.05. The van der Waals surface area contributed by atoms with Crippen LogP contribution in [0.1, 0.15) is 26.5 Å². The SMILES string of the molecule is Cc1[nH]c2ccccc2c1-c1csc(NC(=O)CNC(=O)C(C)(C)C)n1. The number of nitrogens with zero attached hydrogens (tertiary/aromatic N) is 1. The molecule has 0 spiro atoms.